The highest BCUT2D eigenvalue weighted by molar-refractivity contribution is 5.98. The van der Waals surface area contributed by atoms with Gasteiger partial charge in [0.1, 0.15) is 5.82 Å². The maximum Gasteiger partial charge on any atom is 0.255 e. The average Bonchev–Trinajstić information content (AvgIpc) is 2.67. The summed E-state index contributed by atoms with van der Waals surface area (Å²) in [6.45, 7) is 8.95. The highest BCUT2D eigenvalue weighted by Crippen LogP contribution is 2.21. The van der Waals surface area contributed by atoms with Crippen molar-refractivity contribution in [3.05, 3.63) is 65.0 Å². The van der Waals surface area contributed by atoms with E-state index >= 15 is 0 Å². The lowest BCUT2D eigenvalue weighted by Crippen LogP contribution is -2.49. The maximum atomic E-state index is 13.1. The van der Waals surface area contributed by atoms with Crippen molar-refractivity contribution in [3.63, 3.8) is 0 Å². The predicted molar refractivity (Wildman–Crippen MR) is 108 cm³/mol. The molecule has 0 radical (unpaired) electrons. The van der Waals surface area contributed by atoms with E-state index in [4.69, 9.17) is 0 Å². The van der Waals surface area contributed by atoms with Crippen LogP contribution in [0.5, 0.6) is 0 Å². The minimum Gasteiger partial charge on any atom is -0.353 e. The van der Waals surface area contributed by atoms with E-state index in [1.807, 2.05) is 49.1 Å². The van der Waals surface area contributed by atoms with Crippen molar-refractivity contribution in [1.82, 2.24) is 14.9 Å². The Balaban J connectivity index is 1.52. The Morgan fingerprint density at radius 3 is 2.44 bits per heavy atom. The van der Waals surface area contributed by atoms with Gasteiger partial charge in [0.05, 0.1) is 16.8 Å². The van der Waals surface area contributed by atoms with Gasteiger partial charge in [-0.05, 0) is 51.1 Å². The molecule has 0 unspecified atom stereocenters. The number of rotatable bonds is 2. The second kappa shape index (κ2) is 6.99. The smallest absolute Gasteiger partial charge is 0.255 e. The van der Waals surface area contributed by atoms with Gasteiger partial charge in [0, 0.05) is 37.3 Å². The van der Waals surface area contributed by atoms with Crippen molar-refractivity contribution in [2.24, 2.45) is 0 Å². The third-order valence-corrected chi connectivity index (χ3v) is 5.16. The monoisotopic (exact) mass is 360 g/mol. The van der Waals surface area contributed by atoms with Crippen molar-refractivity contribution >= 4 is 22.6 Å². The second-order valence-electron chi connectivity index (χ2n) is 7.23. The molecule has 1 aliphatic rings. The molecule has 1 aliphatic heterocycles. The number of nitrogens with zero attached hydrogens (tertiary/aromatic N) is 4. The van der Waals surface area contributed by atoms with Crippen LogP contribution in [0.25, 0.3) is 10.9 Å². The van der Waals surface area contributed by atoms with Crippen LogP contribution in [0.15, 0.2) is 42.5 Å². The van der Waals surface area contributed by atoms with Crippen LogP contribution in [0.1, 0.15) is 27.3 Å². The number of carbonyl (C=O) groups excluding carboxylic acids is 1. The molecule has 0 saturated carbocycles. The third-order valence-electron chi connectivity index (χ3n) is 5.16. The molecule has 4 rings (SSSR count). The lowest BCUT2D eigenvalue weighted by molar-refractivity contribution is 0.0745. The van der Waals surface area contributed by atoms with E-state index < -0.39 is 0 Å². The molecule has 138 valence electrons. The molecular formula is C22H24N4O. The van der Waals surface area contributed by atoms with Crippen LogP contribution >= 0.6 is 0 Å². The minimum absolute atomic E-state index is 0.0697. The first-order valence-electron chi connectivity index (χ1n) is 9.37. The number of hydrogen-bond donors (Lipinski definition) is 0. The topological polar surface area (TPSA) is 49.3 Å². The molecule has 5 heteroatoms. The predicted octanol–water partition coefficient (Wildman–Crippen LogP) is 3.52. The molecule has 27 heavy (non-hydrogen) atoms. The van der Waals surface area contributed by atoms with Gasteiger partial charge in [0.25, 0.3) is 5.91 Å². The molecule has 0 aliphatic carbocycles. The molecule has 3 aromatic rings. The van der Waals surface area contributed by atoms with Crippen LogP contribution in [0, 0.1) is 20.8 Å². The van der Waals surface area contributed by atoms with Gasteiger partial charge in [0.2, 0.25) is 0 Å². The summed E-state index contributed by atoms with van der Waals surface area (Å²) in [4.78, 5) is 26.5. The number of fused-ring (bicyclic) bond motifs is 1. The Morgan fingerprint density at radius 2 is 1.70 bits per heavy atom. The van der Waals surface area contributed by atoms with Crippen molar-refractivity contribution < 1.29 is 4.79 Å². The Kier molecular flexibility index (Phi) is 4.52. The maximum absolute atomic E-state index is 13.1. The number of amides is 1. The Labute approximate surface area is 159 Å². The van der Waals surface area contributed by atoms with Gasteiger partial charge in [-0.2, -0.15) is 0 Å². The van der Waals surface area contributed by atoms with E-state index in [-0.39, 0.29) is 5.91 Å². The number of hydrogen-bond acceptors (Lipinski definition) is 4. The number of anilines is 1. The van der Waals surface area contributed by atoms with Crippen molar-refractivity contribution in [3.8, 4) is 0 Å². The quantitative estimate of drug-likeness (QED) is 0.702. The Morgan fingerprint density at radius 1 is 0.926 bits per heavy atom. The van der Waals surface area contributed by atoms with Crippen LogP contribution in [-0.2, 0) is 0 Å². The molecule has 0 spiro atoms. The van der Waals surface area contributed by atoms with Gasteiger partial charge in [-0.3, -0.25) is 9.78 Å². The summed E-state index contributed by atoms with van der Waals surface area (Å²) in [5.74, 6) is 1.06. The average molecular weight is 360 g/mol. The Bertz CT molecular complexity index is 1010. The highest BCUT2D eigenvalue weighted by atomic mass is 16.2. The van der Waals surface area contributed by atoms with Gasteiger partial charge in [-0.15, -0.1) is 0 Å². The molecule has 1 amide bonds. The van der Waals surface area contributed by atoms with Gasteiger partial charge < -0.3 is 9.80 Å². The summed E-state index contributed by atoms with van der Waals surface area (Å²) in [7, 11) is 0. The van der Waals surface area contributed by atoms with Crippen molar-refractivity contribution in [2.75, 3.05) is 31.1 Å². The summed E-state index contributed by atoms with van der Waals surface area (Å²) in [6.07, 6.45) is 0. The van der Waals surface area contributed by atoms with Crippen LogP contribution < -0.4 is 4.90 Å². The molecule has 1 aromatic carbocycles. The highest BCUT2D eigenvalue weighted by Gasteiger charge is 2.24. The molecule has 3 heterocycles. The fraction of sp³-hybridized carbons (Fsp3) is 0.318. The van der Waals surface area contributed by atoms with Gasteiger partial charge in [-0.25, -0.2) is 4.98 Å². The standard InChI is InChI=1S/C22H24N4O/c1-15-7-8-20-18(13-15)14-19(17(3)24-20)22(27)26-11-9-25(10-12-26)21-6-4-5-16(2)23-21/h4-8,13-14H,9-12H2,1-3H3. The summed E-state index contributed by atoms with van der Waals surface area (Å²) in [6, 6.07) is 14.2. The molecule has 0 N–H and O–H groups in total. The van der Waals surface area contributed by atoms with Crippen LogP contribution in [-0.4, -0.2) is 47.0 Å². The molecule has 5 nitrogen and oxygen atoms in total. The minimum atomic E-state index is 0.0697. The largest absolute Gasteiger partial charge is 0.353 e. The van der Waals surface area contributed by atoms with Crippen LogP contribution in [0.2, 0.25) is 0 Å². The molecule has 1 saturated heterocycles. The number of piperazine rings is 1. The summed E-state index contributed by atoms with van der Waals surface area (Å²) in [5.41, 5.74) is 4.62. The molecule has 0 bridgehead atoms. The summed E-state index contributed by atoms with van der Waals surface area (Å²) >= 11 is 0. The first-order chi connectivity index (χ1) is 13.0. The number of aromatic nitrogens is 2. The number of aryl methyl sites for hydroxylation is 3. The van der Waals surface area contributed by atoms with Gasteiger partial charge >= 0.3 is 0 Å². The number of pyridine rings is 2. The van der Waals surface area contributed by atoms with Gasteiger partial charge in [0.15, 0.2) is 0 Å². The lowest BCUT2D eigenvalue weighted by atomic mass is 10.1. The molecule has 0 atom stereocenters. The lowest BCUT2D eigenvalue weighted by Gasteiger charge is -2.35. The van der Waals surface area contributed by atoms with E-state index in [0.29, 0.717) is 18.7 Å². The molecule has 2 aromatic heterocycles. The van der Waals surface area contributed by atoms with E-state index in [1.165, 1.54) is 5.56 Å². The van der Waals surface area contributed by atoms with Crippen molar-refractivity contribution in [1.29, 1.82) is 0 Å². The fourth-order valence-corrected chi connectivity index (χ4v) is 3.62. The second-order valence-corrected chi connectivity index (χ2v) is 7.23. The molecular weight excluding hydrogens is 336 g/mol. The fourth-order valence-electron chi connectivity index (χ4n) is 3.62. The zero-order chi connectivity index (χ0) is 19.0. The van der Waals surface area contributed by atoms with Gasteiger partial charge in [-0.1, -0.05) is 17.7 Å². The van der Waals surface area contributed by atoms with E-state index in [2.05, 4.69) is 33.9 Å². The zero-order valence-corrected chi connectivity index (χ0v) is 16.1. The Hall–Kier alpha value is -2.95. The van der Waals surface area contributed by atoms with E-state index in [1.54, 1.807) is 0 Å². The zero-order valence-electron chi connectivity index (χ0n) is 16.1. The van der Waals surface area contributed by atoms with Crippen LogP contribution in [0.3, 0.4) is 0 Å². The number of carbonyl (C=O) groups is 1. The van der Waals surface area contributed by atoms with Crippen LogP contribution in [0.4, 0.5) is 5.82 Å². The normalized spacial score (nSPS) is 14.6. The van der Waals surface area contributed by atoms with Crippen molar-refractivity contribution in [2.45, 2.75) is 20.8 Å². The van der Waals surface area contributed by atoms with E-state index in [0.717, 1.165) is 41.2 Å². The third kappa shape index (κ3) is 3.50. The SMILES string of the molecule is Cc1ccc2nc(C)c(C(=O)N3CCN(c4cccc(C)n4)CC3)cc2c1. The van der Waals surface area contributed by atoms with E-state index in [9.17, 15) is 4.79 Å². The summed E-state index contributed by atoms with van der Waals surface area (Å²) in [5, 5.41) is 1.02. The first-order valence-corrected chi connectivity index (χ1v) is 9.37. The first kappa shape index (κ1) is 17.5. The molecule has 1 fully saturated rings. The summed E-state index contributed by atoms with van der Waals surface area (Å²) < 4.78 is 0. The number of benzene rings is 1.